The van der Waals surface area contributed by atoms with E-state index in [-0.39, 0.29) is 11.9 Å². The molecule has 94 valence electrons. The second kappa shape index (κ2) is 9.19. The molecule has 0 radical (unpaired) electrons. The van der Waals surface area contributed by atoms with Crippen molar-refractivity contribution in [2.75, 3.05) is 19.7 Å². The summed E-state index contributed by atoms with van der Waals surface area (Å²) in [6.07, 6.45) is 3.53. The zero-order valence-electron chi connectivity index (χ0n) is 10.6. The largest absolute Gasteiger partial charge is 0.466 e. The lowest BCUT2D eigenvalue weighted by Crippen LogP contribution is -2.32. The summed E-state index contributed by atoms with van der Waals surface area (Å²) < 4.78 is 4.82. The van der Waals surface area contributed by atoms with Crippen molar-refractivity contribution in [1.82, 2.24) is 4.90 Å². The molecule has 0 aromatic carbocycles. The molecule has 0 aliphatic heterocycles. The van der Waals surface area contributed by atoms with Gasteiger partial charge in [-0.3, -0.25) is 9.59 Å². The fourth-order valence-corrected chi connectivity index (χ4v) is 1.44. The summed E-state index contributed by atoms with van der Waals surface area (Å²) in [5, 5.41) is 0. The second-order valence-electron chi connectivity index (χ2n) is 3.77. The van der Waals surface area contributed by atoms with Gasteiger partial charge in [0.25, 0.3) is 0 Å². The van der Waals surface area contributed by atoms with Crippen molar-refractivity contribution in [3.63, 3.8) is 0 Å². The summed E-state index contributed by atoms with van der Waals surface area (Å²) >= 11 is 0. The van der Waals surface area contributed by atoms with Gasteiger partial charge in [0.2, 0.25) is 5.91 Å². The number of rotatable bonds is 8. The molecule has 0 aromatic heterocycles. The molecule has 1 amide bonds. The van der Waals surface area contributed by atoms with Crippen LogP contribution in [0.1, 0.15) is 46.5 Å². The normalized spacial score (nSPS) is 9.94. The first kappa shape index (κ1) is 14.9. The Morgan fingerprint density at radius 2 is 1.81 bits per heavy atom. The summed E-state index contributed by atoms with van der Waals surface area (Å²) in [7, 11) is 0. The van der Waals surface area contributed by atoms with E-state index < -0.39 is 0 Å². The van der Waals surface area contributed by atoms with Crippen LogP contribution in [0.25, 0.3) is 0 Å². The Labute approximate surface area is 98.0 Å². The zero-order valence-corrected chi connectivity index (χ0v) is 10.6. The molecule has 0 heterocycles. The van der Waals surface area contributed by atoms with E-state index in [1.807, 2.05) is 0 Å². The van der Waals surface area contributed by atoms with Crippen LogP contribution in [0.3, 0.4) is 0 Å². The molecule has 0 rings (SSSR count). The summed E-state index contributed by atoms with van der Waals surface area (Å²) in [5.74, 6) is -0.204. The van der Waals surface area contributed by atoms with Crippen molar-refractivity contribution in [2.45, 2.75) is 46.5 Å². The number of nitrogens with zero attached hydrogens (tertiary/aromatic N) is 1. The highest BCUT2D eigenvalue weighted by molar-refractivity contribution is 5.74. The smallest absolute Gasteiger partial charge is 0.307 e. The van der Waals surface area contributed by atoms with Gasteiger partial charge >= 0.3 is 5.97 Å². The molecule has 0 unspecified atom stereocenters. The second-order valence-corrected chi connectivity index (χ2v) is 3.77. The molecule has 0 saturated carbocycles. The van der Waals surface area contributed by atoms with Crippen molar-refractivity contribution in [3.05, 3.63) is 0 Å². The fourth-order valence-electron chi connectivity index (χ4n) is 1.44. The summed E-state index contributed by atoms with van der Waals surface area (Å²) in [6, 6.07) is 0. The van der Waals surface area contributed by atoms with E-state index in [4.69, 9.17) is 4.74 Å². The van der Waals surface area contributed by atoms with Crippen LogP contribution < -0.4 is 0 Å². The molecule has 0 aliphatic carbocycles. The molecule has 0 aliphatic rings. The number of unbranched alkanes of at least 4 members (excludes halogenated alkanes) is 2. The van der Waals surface area contributed by atoms with Crippen molar-refractivity contribution in [3.8, 4) is 0 Å². The summed E-state index contributed by atoms with van der Waals surface area (Å²) in [4.78, 5) is 24.1. The standard InChI is InChI=1S/C12H23NO3/c1-4-6-7-9-13(11(3)14)10-8-12(15)16-5-2/h4-10H2,1-3H3. The predicted octanol–water partition coefficient (Wildman–Crippen LogP) is 1.98. The van der Waals surface area contributed by atoms with E-state index in [0.29, 0.717) is 19.6 Å². The van der Waals surface area contributed by atoms with Crippen LogP contribution >= 0.6 is 0 Å². The van der Waals surface area contributed by atoms with Crippen LogP contribution in [-0.2, 0) is 14.3 Å². The van der Waals surface area contributed by atoms with Gasteiger partial charge in [-0.1, -0.05) is 19.8 Å². The summed E-state index contributed by atoms with van der Waals surface area (Å²) in [6.45, 7) is 7.05. The summed E-state index contributed by atoms with van der Waals surface area (Å²) in [5.41, 5.74) is 0. The van der Waals surface area contributed by atoms with E-state index in [9.17, 15) is 9.59 Å². The molecular formula is C12H23NO3. The van der Waals surface area contributed by atoms with Crippen molar-refractivity contribution >= 4 is 11.9 Å². The predicted molar refractivity (Wildman–Crippen MR) is 63.0 cm³/mol. The van der Waals surface area contributed by atoms with Crippen LogP contribution in [0.2, 0.25) is 0 Å². The van der Waals surface area contributed by atoms with E-state index in [1.54, 1.807) is 11.8 Å². The van der Waals surface area contributed by atoms with E-state index >= 15 is 0 Å². The number of amides is 1. The molecule has 0 N–H and O–H groups in total. The van der Waals surface area contributed by atoms with Crippen molar-refractivity contribution < 1.29 is 14.3 Å². The molecule has 0 saturated heterocycles. The zero-order chi connectivity index (χ0) is 12.4. The van der Waals surface area contributed by atoms with E-state index in [1.165, 1.54) is 6.92 Å². The third kappa shape index (κ3) is 7.26. The average molecular weight is 229 g/mol. The number of ether oxygens (including phenoxy) is 1. The maximum atomic E-state index is 11.3. The topological polar surface area (TPSA) is 46.6 Å². The Bertz CT molecular complexity index is 216. The third-order valence-electron chi connectivity index (χ3n) is 2.37. The van der Waals surface area contributed by atoms with Crippen LogP contribution in [0.15, 0.2) is 0 Å². The van der Waals surface area contributed by atoms with Gasteiger partial charge in [0.1, 0.15) is 0 Å². The highest BCUT2D eigenvalue weighted by Gasteiger charge is 2.10. The maximum Gasteiger partial charge on any atom is 0.307 e. The molecule has 0 fully saturated rings. The van der Waals surface area contributed by atoms with Gasteiger partial charge in [0.05, 0.1) is 13.0 Å². The van der Waals surface area contributed by atoms with Crippen LogP contribution in [0.5, 0.6) is 0 Å². The SMILES string of the molecule is CCCCCN(CCC(=O)OCC)C(C)=O. The number of carbonyl (C=O) groups excluding carboxylic acids is 2. The minimum absolute atomic E-state index is 0.0281. The van der Waals surface area contributed by atoms with Crippen LogP contribution in [-0.4, -0.2) is 36.5 Å². The fraction of sp³-hybridized carbons (Fsp3) is 0.833. The highest BCUT2D eigenvalue weighted by Crippen LogP contribution is 2.01. The molecule has 0 bridgehead atoms. The van der Waals surface area contributed by atoms with Crippen molar-refractivity contribution in [2.24, 2.45) is 0 Å². The van der Waals surface area contributed by atoms with E-state index in [0.717, 1.165) is 25.8 Å². The Morgan fingerprint density at radius 1 is 1.12 bits per heavy atom. The molecule has 0 aromatic rings. The maximum absolute atomic E-state index is 11.3. The van der Waals surface area contributed by atoms with Gasteiger partial charge in [0.15, 0.2) is 0 Å². The number of esters is 1. The van der Waals surface area contributed by atoms with Gasteiger partial charge in [-0.05, 0) is 13.3 Å². The molecule has 4 nitrogen and oxygen atoms in total. The Balaban J connectivity index is 3.85. The van der Waals surface area contributed by atoms with Crippen LogP contribution in [0, 0.1) is 0 Å². The number of carbonyl (C=O) groups is 2. The van der Waals surface area contributed by atoms with Gasteiger partial charge in [-0.15, -0.1) is 0 Å². The Hall–Kier alpha value is -1.06. The minimum Gasteiger partial charge on any atom is -0.466 e. The first-order valence-corrected chi connectivity index (χ1v) is 6.02. The number of hydrogen-bond donors (Lipinski definition) is 0. The van der Waals surface area contributed by atoms with Crippen LogP contribution in [0.4, 0.5) is 0 Å². The molecule has 16 heavy (non-hydrogen) atoms. The lowest BCUT2D eigenvalue weighted by atomic mass is 10.2. The Morgan fingerprint density at radius 3 is 2.31 bits per heavy atom. The van der Waals surface area contributed by atoms with Crippen molar-refractivity contribution in [1.29, 1.82) is 0 Å². The monoisotopic (exact) mass is 229 g/mol. The highest BCUT2D eigenvalue weighted by atomic mass is 16.5. The van der Waals surface area contributed by atoms with Gasteiger partial charge < -0.3 is 9.64 Å². The lowest BCUT2D eigenvalue weighted by molar-refractivity contribution is -0.143. The van der Waals surface area contributed by atoms with E-state index in [2.05, 4.69) is 6.92 Å². The van der Waals surface area contributed by atoms with Gasteiger partial charge in [0, 0.05) is 20.0 Å². The van der Waals surface area contributed by atoms with Gasteiger partial charge in [-0.25, -0.2) is 0 Å². The molecule has 4 heteroatoms. The molecular weight excluding hydrogens is 206 g/mol. The molecule has 0 atom stereocenters. The molecule has 0 spiro atoms. The lowest BCUT2D eigenvalue weighted by Gasteiger charge is -2.20. The quantitative estimate of drug-likeness (QED) is 0.472. The average Bonchev–Trinajstić information content (AvgIpc) is 2.23. The first-order chi connectivity index (χ1) is 7.61. The number of hydrogen-bond acceptors (Lipinski definition) is 3. The minimum atomic E-state index is -0.232. The third-order valence-corrected chi connectivity index (χ3v) is 2.37. The first-order valence-electron chi connectivity index (χ1n) is 6.02. The Kier molecular flexibility index (Phi) is 8.58. The van der Waals surface area contributed by atoms with Gasteiger partial charge in [-0.2, -0.15) is 0 Å².